The third kappa shape index (κ3) is 2.75. The third-order valence-corrected chi connectivity index (χ3v) is 3.22. The summed E-state index contributed by atoms with van der Waals surface area (Å²) in [5, 5.41) is 0. The van der Waals surface area contributed by atoms with Gasteiger partial charge in [0, 0.05) is 9.37 Å². The minimum atomic E-state index is -0.310. The zero-order valence-corrected chi connectivity index (χ0v) is 10.4. The molecule has 0 unspecified atom stereocenters. The zero-order chi connectivity index (χ0) is 10.6. The Labute approximate surface area is 96.2 Å². The Morgan fingerprint density at radius 3 is 2.86 bits per heavy atom. The molecule has 1 rings (SSSR count). The van der Waals surface area contributed by atoms with E-state index >= 15 is 0 Å². The van der Waals surface area contributed by atoms with E-state index in [1.165, 1.54) is 7.11 Å². The van der Waals surface area contributed by atoms with Crippen molar-refractivity contribution in [2.45, 2.75) is 11.8 Å². The second-order valence-electron chi connectivity index (χ2n) is 2.57. The summed E-state index contributed by atoms with van der Waals surface area (Å²) in [6, 6.07) is 5.68. The van der Waals surface area contributed by atoms with E-state index in [0.29, 0.717) is 5.56 Å². The van der Waals surface area contributed by atoms with Gasteiger partial charge in [-0.1, -0.05) is 6.92 Å². The Morgan fingerprint density at radius 1 is 1.57 bits per heavy atom. The molecule has 1 aromatic rings. The van der Waals surface area contributed by atoms with Crippen LogP contribution in [0.5, 0.6) is 0 Å². The lowest BCUT2D eigenvalue weighted by atomic mass is 10.2. The van der Waals surface area contributed by atoms with Crippen molar-refractivity contribution in [2.24, 2.45) is 0 Å². The molecule has 0 aliphatic carbocycles. The molecule has 1 aromatic carbocycles. The maximum atomic E-state index is 11.3. The minimum Gasteiger partial charge on any atom is -0.465 e. The summed E-state index contributed by atoms with van der Waals surface area (Å²) in [4.78, 5) is 12.4. The Bertz CT molecular complexity index is 339. The van der Waals surface area contributed by atoms with Crippen molar-refractivity contribution in [1.29, 1.82) is 0 Å². The van der Waals surface area contributed by atoms with Gasteiger partial charge in [0.05, 0.1) is 12.7 Å². The second-order valence-corrected chi connectivity index (χ2v) is 4.76. The first-order valence-corrected chi connectivity index (χ1v) is 5.97. The predicted octanol–water partition coefficient (Wildman–Crippen LogP) is 3.35. The SMILES string of the molecule is CCSc1ccc(Br)c(C(=O)OC)c1. The summed E-state index contributed by atoms with van der Waals surface area (Å²) >= 11 is 5.01. The molecule has 4 heteroatoms. The van der Waals surface area contributed by atoms with Gasteiger partial charge in [-0.05, 0) is 39.9 Å². The lowest BCUT2D eigenvalue weighted by Gasteiger charge is -2.04. The summed E-state index contributed by atoms with van der Waals surface area (Å²) in [6.45, 7) is 2.07. The molecule has 0 amide bonds. The van der Waals surface area contributed by atoms with Gasteiger partial charge >= 0.3 is 5.97 Å². The fraction of sp³-hybridized carbons (Fsp3) is 0.300. The van der Waals surface area contributed by atoms with E-state index < -0.39 is 0 Å². The van der Waals surface area contributed by atoms with Gasteiger partial charge in [-0.25, -0.2) is 4.79 Å². The monoisotopic (exact) mass is 274 g/mol. The number of ether oxygens (including phenoxy) is 1. The maximum Gasteiger partial charge on any atom is 0.339 e. The lowest BCUT2D eigenvalue weighted by molar-refractivity contribution is 0.0599. The van der Waals surface area contributed by atoms with Crippen molar-refractivity contribution in [1.82, 2.24) is 0 Å². The summed E-state index contributed by atoms with van der Waals surface area (Å²) in [7, 11) is 1.38. The Morgan fingerprint density at radius 2 is 2.29 bits per heavy atom. The first kappa shape index (κ1) is 11.6. The van der Waals surface area contributed by atoms with Gasteiger partial charge in [0.1, 0.15) is 0 Å². The minimum absolute atomic E-state index is 0.310. The number of rotatable bonds is 3. The van der Waals surface area contributed by atoms with Gasteiger partial charge in [0.2, 0.25) is 0 Å². The summed E-state index contributed by atoms with van der Waals surface area (Å²) in [6.07, 6.45) is 0. The van der Waals surface area contributed by atoms with Crippen LogP contribution in [0.3, 0.4) is 0 Å². The van der Waals surface area contributed by atoms with Gasteiger partial charge in [0.25, 0.3) is 0 Å². The highest BCUT2D eigenvalue weighted by atomic mass is 79.9. The highest BCUT2D eigenvalue weighted by molar-refractivity contribution is 9.10. The second kappa shape index (κ2) is 5.41. The quantitative estimate of drug-likeness (QED) is 0.625. The van der Waals surface area contributed by atoms with Crippen molar-refractivity contribution < 1.29 is 9.53 Å². The molecule has 14 heavy (non-hydrogen) atoms. The molecule has 0 N–H and O–H groups in total. The molecule has 0 aromatic heterocycles. The molecular weight excluding hydrogens is 264 g/mol. The van der Waals surface area contributed by atoms with Crippen LogP contribution in [0.15, 0.2) is 27.6 Å². The molecule has 76 valence electrons. The molecule has 0 saturated carbocycles. The molecular formula is C10H11BrO2S. The van der Waals surface area contributed by atoms with Gasteiger partial charge in [-0.3, -0.25) is 0 Å². The van der Waals surface area contributed by atoms with Crippen LogP contribution in [0.4, 0.5) is 0 Å². The summed E-state index contributed by atoms with van der Waals surface area (Å²) < 4.78 is 5.44. The predicted molar refractivity (Wildman–Crippen MR) is 61.9 cm³/mol. The standard InChI is InChI=1S/C10H11BrO2S/c1-3-14-7-4-5-9(11)8(6-7)10(12)13-2/h4-6H,3H2,1-2H3. The number of esters is 1. The van der Waals surface area contributed by atoms with Crippen LogP contribution in [-0.2, 0) is 4.74 Å². The van der Waals surface area contributed by atoms with Crippen molar-refractivity contribution >= 4 is 33.7 Å². The Hall–Kier alpha value is -0.480. The highest BCUT2D eigenvalue weighted by Crippen LogP contribution is 2.25. The number of halogens is 1. The van der Waals surface area contributed by atoms with Crippen LogP contribution in [0, 0.1) is 0 Å². The van der Waals surface area contributed by atoms with Crippen molar-refractivity contribution in [3.63, 3.8) is 0 Å². The number of thioether (sulfide) groups is 1. The molecule has 2 nitrogen and oxygen atoms in total. The smallest absolute Gasteiger partial charge is 0.339 e. The number of benzene rings is 1. The average Bonchev–Trinajstić information content (AvgIpc) is 2.20. The number of carbonyl (C=O) groups excluding carboxylic acids is 1. The molecule has 0 atom stereocenters. The van der Waals surface area contributed by atoms with Crippen LogP contribution in [0.2, 0.25) is 0 Å². The normalized spacial score (nSPS) is 9.93. The average molecular weight is 275 g/mol. The first-order valence-electron chi connectivity index (χ1n) is 4.19. The molecule has 0 bridgehead atoms. The number of methoxy groups -OCH3 is 1. The van der Waals surface area contributed by atoms with E-state index in [1.54, 1.807) is 11.8 Å². The van der Waals surface area contributed by atoms with E-state index in [4.69, 9.17) is 0 Å². The van der Waals surface area contributed by atoms with Crippen LogP contribution in [0.1, 0.15) is 17.3 Å². The molecule has 0 saturated heterocycles. The largest absolute Gasteiger partial charge is 0.465 e. The fourth-order valence-electron chi connectivity index (χ4n) is 1.03. The van der Waals surface area contributed by atoms with Gasteiger partial charge in [0.15, 0.2) is 0 Å². The van der Waals surface area contributed by atoms with Crippen molar-refractivity contribution in [2.75, 3.05) is 12.9 Å². The van der Waals surface area contributed by atoms with E-state index in [2.05, 4.69) is 27.6 Å². The van der Waals surface area contributed by atoms with E-state index in [9.17, 15) is 4.79 Å². The first-order chi connectivity index (χ1) is 6.69. The van der Waals surface area contributed by atoms with Crippen LogP contribution < -0.4 is 0 Å². The maximum absolute atomic E-state index is 11.3. The molecule has 0 aliphatic rings. The number of carbonyl (C=O) groups is 1. The van der Waals surface area contributed by atoms with Gasteiger partial charge in [-0.15, -0.1) is 11.8 Å². The van der Waals surface area contributed by atoms with E-state index in [0.717, 1.165) is 15.1 Å². The van der Waals surface area contributed by atoms with Crippen molar-refractivity contribution in [3.05, 3.63) is 28.2 Å². The highest BCUT2D eigenvalue weighted by Gasteiger charge is 2.10. The summed E-state index contributed by atoms with van der Waals surface area (Å²) in [5.74, 6) is 0.679. The third-order valence-electron chi connectivity index (χ3n) is 1.65. The Balaban J connectivity index is 3.01. The molecule has 0 aliphatic heterocycles. The molecule has 0 fully saturated rings. The summed E-state index contributed by atoms with van der Waals surface area (Å²) in [5.41, 5.74) is 0.575. The van der Waals surface area contributed by atoms with E-state index in [1.807, 2.05) is 18.2 Å². The lowest BCUT2D eigenvalue weighted by Crippen LogP contribution is -2.02. The molecule has 0 heterocycles. The number of hydrogen-bond donors (Lipinski definition) is 0. The van der Waals surface area contributed by atoms with Crippen molar-refractivity contribution in [3.8, 4) is 0 Å². The van der Waals surface area contributed by atoms with Crippen LogP contribution >= 0.6 is 27.7 Å². The van der Waals surface area contributed by atoms with E-state index in [-0.39, 0.29) is 5.97 Å². The van der Waals surface area contributed by atoms with Gasteiger partial charge in [-0.2, -0.15) is 0 Å². The van der Waals surface area contributed by atoms with Gasteiger partial charge < -0.3 is 4.74 Å². The van der Waals surface area contributed by atoms with Crippen LogP contribution in [0.25, 0.3) is 0 Å². The zero-order valence-electron chi connectivity index (χ0n) is 8.04. The molecule has 0 spiro atoms. The fourth-order valence-corrected chi connectivity index (χ4v) is 2.13. The number of hydrogen-bond acceptors (Lipinski definition) is 3. The molecule has 0 radical (unpaired) electrons. The Kier molecular flexibility index (Phi) is 4.48. The van der Waals surface area contributed by atoms with Crippen LogP contribution in [-0.4, -0.2) is 18.8 Å². The topological polar surface area (TPSA) is 26.3 Å².